The minimum absolute atomic E-state index is 0.235. The SMILES string of the molecule is CCCn1cc(C(=O)Nc2ccccc2C)c2nn(-c3ccccc3)c(=O)c-2c1. The molecule has 2 aliphatic rings. The van der Waals surface area contributed by atoms with Crippen LogP contribution in [-0.2, 0) is 6.54 Å². The number of anilines is 1. The first-order valence-electron chi connectivity index (χ1n) is 9.63. The number of amides is 1. The largest absolute Gasteiger partial charge is 0.353 e. The van der Waals surface area contributed by atoms with Gasteiger partial charge in [-0.2, -0.15) is 9.78 Å². The second kappa shape index (κ2) is 7.75. The predicted octanol–water partition coefficient (Wildman–Crippen LogP) is 4.11. The third-order valence-corrected chi connectivity index (χ3v) is 4.84. The van der Waals surface area contributed by atoms with E-state index in [9.17, 15) is 9.59 Å². The molecule has 0 atom stereocenters. The van der Waals surface area contributed by atoms with Gasteiger partial charge < -0.3 is 9.88 Å². The minimum atomic E-state index is -0.285. The number of pyridine rings is 1. The zero-order valence-corrected chi connectivity index (χ0v) is 16.4. The normalized spacial score (nSPS) is 11.0. The molecule has 146 valence electrons. The monoisotopic (exact) mass is 386 g/mol. The predicted molar refractivity (Wildman–Crippen MR) is 114 cm³/mol. The van der Waals surface area contributed by atoms with Gasteiger partial charge in [0.15, 0.2) is 0 Å². The van der Waals surface area contributed by atoms with Crippen LogP contribution >= 0.6 is 0 Å². The summed E-state index contributed by atoms with van der Waals surface area (Å²) in [6.45, 7) is 4.69. The van der Waals surface area contributed by atoms with Gasteiger partial charge in [0.2, 0.25) is 0 Å². The third kappa shape index (κ3) is 3.57. The number of hydrogen-bond acceptors (Lipinski definition) is 3. The number of benzene rings is 2. The van der Waals surface area contributed by atoms with Crippen LogP contribution in [0.3, 0.4) is 0 Å². The van der Waals surface area contributed by atoms with E-state index in [1.54, 1.807) is 12.4 Å². The summed E-state index contributed by atoms with van der Waals surface area (Å²) in [7, 11) is 0. The van der Waals surface area contributed by atoms with E-state index in [1.165, 1.54) is 4.68 Å². The van der Waals surface area contributed by atoms with E-state index in [0.717, 1.165) is 17.7 Å². The van der Waals surface area contributed by atoms with Crippen molar-refractivity contribution in [2.24, 2.45) is 0 Å². The highest BCUT2D eigenvalue weighted by Gasteiger charge is 2.24. The Labute approximate surface area is 168 Å². The Morgan fingerprint density at radius 2 is 1.76 bits per heavy atom. The fourth-order valence-corrected chi connectivity index (χ4v) is 3.36. The standard InChI is InChI=1S/C23H22N4O2/c1-3-13-26-14-18(22(28)24-20-12-8-7-9-16(20)2)21-19(15-26)23(29)27(25-21)17-10-5-4-6-11-17/h4-12,14-15H,3,13H2,1-2H3,(H,24,28). The van der Waals surface area contributed by atoms with E-state index >= 15 is 0 Å². The zero-order valence-electron chi connectivity index (χ0n) is 16.4. The lowest BCUT2D eigenvalue weighted by atomic mass is 10.1. The Balaban J connectivity index is 1.85. The highest BCUT2D eigenvalue weighted by molar-refractivity contribution is 6.08. The maximum atomic E-state index is 13.1. The first-order chi connectivity index (χ1) is 14.1. The molecule has 0 unspecified atom stereocenters. The van der Waals surface area contributed by atoms with Crippen molar-refractivity contribution in [1.82, 2.24) is 14.3 Å². The molecule has 1 N–H and O–H groups in total. The molecular weight excluding hydrogens is 364 g/mol. The number of carbonyl (C=O) groups excluding carboxylic acids is 1. The number of hydrogen-bond donors (Lipinski definition) is 1. The highest BCUT2D eigenvalue weighted by Crippen LogP contribution is 2.24. The van der Waals surface area contributed by atoms with Crippen molar-refractivity contribution in [3.63, 3.8) is 0 Å². The summed E-state index contributed by atoms with van der Waals surface area (Å²) in [6, 6.07) is 16.8. The Morgan fingerprint density at radius 3 is 2.48 bits per heavy atom. The number of carbonyl (C=O) groups is 1. The van der Waals surface area contributed by atoms with E-state index in [-0.39, 0.29) is 11.5 Å². The number of nitrogens with one attached hydrogen (secondary N) is 1. The molecule has 1 amide bonds. The molecule has 2 heterocycles. The number of fused-ring (bicyclic) bond motifs is 1. The summed E-state index contributed by atoms with van der Waals surface area (Å²) in [5.74, 6) is -0.285. The molecule has 6 heteroatoms. The second-order valence-corrected chi connectivity index (χ2v) is 6.99. The molecule has 0 radical (unpaired) electrons. The Hall–Kier alpha value is -3.67. The van der Waals surface area contributed by atoms with Crippen LogP contribution in [0.25, 0.3) is 16.9 Å². The van der Waals surface area contributed by atoms with Gasteiger partial charge in [0, 0.05) is 24.6 Å². The first-order valence-corrected chi connectivity index (χ1v) is 9.63. The summed E-state index contributed by atoms with van der Waals surface area (Å²) >= 11 is 0. The van der Waals surface area contributed by atoms with Crippen molar-refractivity contribution in [3.05, 3.63) is 88.5 Å². The Kier molecular flexibility index (Phi) is 4.99. The molecule has 4 rings (SSSR count). The van der Waals surface area contributed by atoms with Crippen LogP contribution in [0.1, 0.15) is 29.3 Å². The smallest absolute Gasteiger partial charge is 0.282 e. The van der Waals surface area contributed by atoms with Crippen LogP contribution in [0, 0.1) is 6.92 Å². The van der Waals surface area contributed by atoms with Crippen molar-refractivity contribution in [2.45, 2.75) is 26.8 Å². The highest BCUT2D eigenvalue weighted by atomic mass is 16.2. The fourth-order valence-electron chi connectivity index (χ4n) is 3.36. The number of aryl methyl sites for hydroxylation is 2. The van der Waals surface area contributed by atoms with Gasteiger partial charge in [-0.3, -0.25) is 9.59 Å². The molecular formula is C23H22N4O2. The van der Waals surface area contributed by atoms with Gasteiger partial charge in [0.05, 0.1) is 16.8 Å². The first kappa shape index (κ1) is 18.7. The second-order valence-electron chi connectivity index (χ2n) is 6.99. The maximum absolute atomic E-state index is 13.1. The molecule has 0 aliphatic carbocycles. The third-order valence-electron chi connectivity index (χ3n) is 4.84. The van der Waals surface area contributed by atoms with Gasteiger partial charge in [-0.1, -0.05) is 43.3 Å². The number of aromatic nitrogens is 3. The van der Waals surface area contributed by atoms with Crippen LogP contribution in [-0.4, -0.2) is 20.3 Å². The molecule has 2 aromatic carbocycles. The molecule has 0 fully saturated rings. The summed E-state index contributed by atoms with van der Waals surface area (Å²) in [5.41, 5.74) is 3.35. The van der Waals surface area contributed by atoms with Gasteiger partial charge in [-0.05, 0) is 37.1 Å². The fraction of sp³-hybridized carbons (Fsp3) is 0.174. The molecule has 0 spiro atoms. The molecule has 0 bridgehead atoms. The van der Waals surface area contributed by atoms with Gasteiger partial charge in [-0.25, -0.2) is 0 Å². The molecule has 0 saturated heterocycles. The molecule has 29 heavy (non-hydrogen) atoms. The van der Waals surface area contributed by atoms with Crippen LogP contribution in [0.5, 0.6) is 0 Å². The molecule has 2 aliphatic heterocycles. The molecule has 0 saturated carbocycles. The van der Waals surface area contributed by atoms with Gasteiger partial charge in [0.25, 0.3) is 11.5 Å². The number of nitrogens with zero attached hydrogens (tertiary/aromatic N) is 3. The Bertz CT molecular complexity index is 1190. The van der Waals surface area contributed by atoms with Crippen molar-refractivity contribution in [3.8, 4) is 16.9 Å². The van der Waals surface area contributed by atoms with Crippen molar-refractivity contribution in [2.75, 3.05) is 5.32 Å². The zero-order chi connectivity index (χ0) is 20.4. The Morgan fingerprint density at radius 1 is 1.03 bits per heavy atom. The van der Waals surface area contributed by atoms with Crippen LogP contribution in [0.15, 0.2) is 71.8 Å². The summed E-state index contributed by atoms with van der Waals surface area (Å²) < 4.78 is 3.24. The van der Waals surface area contributed by atoms with Crippen molar-refractivity contribution < 1.29 is 4.79 Å². The van der Waals surface area contributed by atoms with Gasteiger partial charge in [-0.15, -0.1) is 0 Å². The van der Waals surface area contributed by atoms with Crippen molar-refractivity contribution in [1.29, 1.82) is 0 Å². The summed E-state index contributed by atoms with van der Waals surface area (Å²) in [6.07, 6.45) is 4.43. The van der Waals surface area contributed by atoms with Crippen LogP contribution in [0.2, 0.25) is 0 Å². The minimum Gasteiger partial charge on any atom is -0.353 e. The maximum Gasteiger partial charge on any atom is 0.282 e. The van der Waals surface area contributed by atoms with Crippen LogP contribution in [0.4, 0.5) is 5.69 Å². The van der Waals surface area contributed by atoms with Crippen LogP contribution < -0.4 is 10.9 Å². The lowest BCUT2D eigenvalue weighted by Gasteiger charge is -2.13. The van der Waals surface area contributed by atoms with E-state index in [0.29, 0.717) is 29.1 Å². The molecule has 2 aromatic rings. The summed E-state index contributed by atoms with van der Waals surface area (Å²) in [5, 5.41) is 7.45. The average molecular weight is 386 g/mol. The quantitative estimate of drug-likeness (QED) is 0.561. The molecule has 6 nitrogen and oxygen atoms in total. The van der Waals surface area contributed by atoms with Gasteiger partial charge >= 0.3 is 0 Å². The van der Waals surface area contributed by atoms with E-state index in [1.807, 2.05) is 66.1 Å². The lowest BCUT2D eigenvalue weighted by Crippen LogP contribution is -2.18. The van der Waals surface area contributed by atoms with E-state index < -0.39 is 0 Å². The number of rotatable bonds is 5. The summed E-state index contributed by atoms with van der Waals surface area (Å²) in [4.78, 5) is 26.1. The van der Waals surface area contributed by atoms with Gasteiger partial charge in [0.1, 0.15) is 5.69 Å². The van der Waals surface area contributed by atoms with E-state index in [4.69, 9.17) is 0 Å². The number of para-hydroxylation sites is 2. The lowest BCUT2D eigenvalue weighted by molar-refractivity contribution is 0.102. The average Bonchev–Trinajstić information content (AvgIpc) is 3.07. The molecule has 0 aromatic heterocycles. The topological polar surface area (TPSA) is 68.9 Å². The van der Waals surface area contributed by atoms with Crippen molar-refractivity contribution >= 4 is 11.6 Å². The van der Waals surface area contributed by atoms with E-state index in [2.05, 4.69) is 17.3 Å².